The second-order valence-corrected chi connectivity index (χ2v) is 4.66. The summed E-state index contributed by atoms with van der Waals surface area (Å²) in [4.78, 5) is 4.23. The average molecular weight is 276 g/mol. The van der Waals surface area contributed by atoms with Crippen molar-refractivity contribution in [2.75, 3.05) is 7.11 Å². The number of rotatable bonds is 5. The Labute approximate surface area is 111 Å². The van der Waals surface area contributed by atoms with Gasteiger partial charge in [0.1, 0.15) is 5.75 Å². The Hall–Kier alpha value is -1.30. The minimum Gasteiger partial charge on any atom is -0.496 e. The van der Waals surface area contributed by atoms with Crippen LogP contribution in [0.15, 0.2) is 6.20 Å². The van der Waals surface area contributed by atoms with Crippen LogP contribution in [0.1, 0.15) is 29.7 Å². The molecule has 0 saturated heterocycles. The van der Waals surface area contributed by atoms with Crippen molar-refractivity contribution in [3.05, 3.63) is 23.0 Å². The van der Waals surface area contributed by atoms with Gasteiger partial charge in [0.25, 0.3) is 0 Å². The molecule has 1 aromatic rings. The molecule has 108 valence electrons. The van der Waals surface area contributed by atoms with Crippen LogP contribution in [0.4, 0.5) is 13.2 Å². The Balaban J connectivity index is 2.72. The van der Waals surface area contributed by atoms with E-state index in [1.165, 1.54) is 0 Å². The number of ether oxygens (including phenoxy) is 1. The van der Waals surface area contributed by atoms with Crippen LogP contribution in [0, 0.1) is 13.8 Å². The molecule has 0 radical (unpaired) electrons. The highest BCUT2D eigenvalue weighted by molar-refractivity contribution is 5.41. The van der Waals surface area contributed by atoms with Crippen molar-refractivity contribution >= 4 is 0 Å². The number of hydrogen-bond donors (Lipinski definition) is 1. The molecule has 1 atom stereocenters. The van der Waals surface area contributed by atoms with Crippen LogP contribution in [0.5, 0.6) is 5.75 Å². The van der Waals surface area contributed by atoms with E-state index in [4.69, 9.17) is 10.5 Å². The Morgan fingerprint density at radius 1 is 1.37 bits per heavy atom. The number of aryl methyl sites for hydroxylation is 1. The van der Waals surface area contributed by atoms with Crippen LogP contribution in [0.3, 0.4) is 0 Å². The molecule has 1 unspecified atom stereocenters. The number of pyridine rings is 1. The van der Waals surface area contributed by atoms with Gasteiger partial charge in [-0.25, -0.2) is 0 Å². The van der Waals surface area contributed by atoms with Crippen molar-refractivity contribution < 1.29 is 17.9 Å². The van der Waals surface area contributed by atoms with Gasteiger partial charge >= 0.3 is 6.18 Å². The molecule has 3 nitrogen and oxygen atoms in total. The third-order valence-corrected chi connectivity index (χ3v) is 3.00. The van der Waals surface area contributed by atoms with E-state index in [1.807, 2.05) is 13.8 Å². The molecular formula is C13H19F3N2O. The molecule has 19 heavy (non-hydrogen) atoms. The fourth-order valence-electron chi connectivity index (χ4n) is 1.98. The first-order valence-electron chi connectivity index (χ1n) is 6.06. The number of hydrogen-bond acceptors (Lipinski definition) is 3. The fourth-order valence-corrected chi connectivity index (χ4v) is 1.98. The van der Waals surface area contributed by atoms with Crippen LogP contribution in [0.2, 0.25) is 0 Å². The summed E-state index contributed by atoms with van der Waals surface area (Å²) in [5.41, 5.74) is 8.16. The summed E-state index contributed by atoms with van der Waals surface area (Å²) < 4.78 is 41.6. The highest BCUT2D eigenvalue weighted by Crippen LogP contribution is 2.26. The topological polar surface area (TPSA) is 48.1 Å². The Morgan fingerprint density at radius 2 is 2.00 bits per heavy atom. The number of nitrogens with zero attached hydrogens (tertiary/aromatic N) is 1. The minimum absolute atomic E-state index is 0.0964. The zero-order valence-electron chi connectivity index (χ0n) is 11.3. The van der Waals surface area contributed by atoms with Crippen LogP contribution < -0.4 is 10.5 Å². The molecule has 0 fully saturated rings. The number of halogens is 3. The summed E-state index contributed by atoms with van der Waals surface area (Å²) in [6, 6.07) is -0.555. The molecule has 0 aliphatic rings. The van der Waals surface area contributed by atoms with Gasteiger partial charge in [-0.05, 0) is 20.3 Å². The molecule has 0 aromatic carbocycles. The maximum atomic E-state index is 12.1. The third-order valence-electron chi connectivity index (χ3n) is 3.00. The number of alkyl halides is 3. The molecule has 6 heteroatoms. The molecule has 0 bridgehead atoms. The zero-order valence-corrected chi connectivity index (χ0v) is 11.3. The molecule has 1 heterocycles. The summed E-state index contributed by atoms with van der Waals surface area (Å²) >= 11 is 0. The lowest BCUT2D eigenvalue weighted by atomic mass is 10.0. The second-order valence-electron chi connectivity index (χ2n) is 4.66. The molecular weight excluding hydrogens is 257 g/mol. The standard InChI is InChI=1S/C13H19F3N2O/c1-8-7-18-11(9(2)12(8)19-3)6-10(17)4-5-13(14,15)16/h7,10H,4-6,17H2,1-3H3. The fraction of sp³-hybridized carbons (Fsp3) is 0.615. The molecule has 0 spiro atoms. The molecule has 0 aliphatic carbocycles. The van der Waals surface area contributed by atoms with Gasteiger partial charge in [-0.2, -0.15) is 13.2 Å². The quantitative estimate of drug-likeness (QED) is 0.899. The smallest absolute Gasteiger partial charge is 0.389 e. The predicted molar refractivity (Wildman–Crippen MR) is 67.2 cm³/mol. The van der Waals surface area contributed by atoms with Crippen molar-refractivity contribution in [2.45, 2.75) is 45.3 Å². The van der Waals surface area contributed by atoms with E-state index in [1.54, 1.807) is 13.3 Å². The Kier molecular flexibility index (Phi) is 5.17. The van der Waals surface area contributed by atoms with Crippen LogP contribution in [-0.4, -0.2) is 24.3 Å². The van der Waals surface area contributed by atoms with E-state index in [0.717, 1.165) is 11.1 Å². The lowest BCUT2D eigenvalue weighted by molar-refractivity contribution is -0.136. The monoisotopic (exact) mass is 276 g/mol. The number of methoxy groups -OCH3 is 1. The zero-order chi connectivity index (χ0) is 14.6. The van der Waals surface area contributed by atoms with E-state index < -0.39 is 18.6 Å². The van der Waals surface area contributed by atoms with Gasteiger partial charge in [0.2, 0.25) is 0 Å². The molecule has 0 aliphatic heterocycles. The van der Waals surface area contributed by atoms with Gasteiger partial charge < -0.3 is 10.5 Å². The molecule has 1 rings (SSSR count). The summed E-state index contributed by atoms with van der Waals surface area (Å²) in [6.07, 6.45) is -3.15. The van der Waals surface area contributed by atoms with Crippen molar-refractivity contribution in [3.8, 4) is 5.75 Å². The average Bonchev–Trinajstić information content (AvgIpc) is 2.30. The number of nitrogens with two attached hydrogens (primary N) is 1. The molecule has 2 N–H and O–H groups in total. The summed E-state index contributed by atoms with van der Waals surface area (Å²) in [7, 11) is 1.56. The first-order chi connectivity index (χ1) is 8.74. The Bertz CT molecular complexity index is 433. The van der Waals surface area contributed by atoms with Crippen molar-refractivity contribution in [2.24, 2.45) is 5.73 Å². The van der Waals surface area contributed by atoms with Crippen molar-refractivity contribution in [1.82, 2.24) is 4.98 Å². The maximum absolute atomic E-state index is 12.1. The van der Waals surface area contributed by atoms with Crippen LogP contribution in [-0.2, 0) is 6.42 Å². The molecule has 0 amide bonds. The normalized spacial score (nSPS) is 13.4. The van der Waals surface area contributed by atoms with Gasteiger partial charge in [0.05, 0.1) is 7.11 Å². The number of aromatic nitrogens is 1. The Morgan fingerprint density at radius 3 is 2.53 bits per heavy atom. The van der Waals surface area contributed by atoms with E-state index in [9.17, 15) is 13.2 Å². The summed E-state index contributed by atoms with van der Waals surface area (Å²) in [5, 5.41) is 0. The lowest BCUT2D eigenvalue weighted by Crippen LogP contribution is -2.26. The van der Waals surface area contributed by atoms with E-state index >= 15 is 0 Å². The first kappa shape index (κ1) is 15.8. The van der Waals surface area contributed by atoms with Gasteiger partial charge in [-0.1, -0.05) is 0 Å². The van der Waals surface area contributed by atoms with Gasteiger partial charge in [-0.3, -0.25) is 4.98 Å². The first-order valence-corrected chi connectivity index (χ1v) is 6.06. The van der Waals surface area contributed by atoms with Crippen molar-refractivity contribution in [1.29, 1.82) is 0 Å². The van der Waals surface area contributed by atoms with Gasteiger partial charge in [0.15, 0.2) is 0 Å². The minimum atomic E-state index is -4.16. The van der Waals surface area contributed by atoms with Crippen molar-refractivity contribution in [3.63, 3.8) is 0 Å². The third kappa shape index (κ3) is 4.70. The predicted octanol–water partition coefficient (Wildman–Crippen LogP) is 2.92. The van der Waals surface area contributed by atoms with E-state index in [2.05, 4.69) is 4.98 Å². The largest absolute Gasteiger partial charge is 0.496 e. The molecule has 0 saturated carbocycles. The van der Waals surface area contributed by atoms with Crippen LogP contribution >= 0.6 is 0 Å². The SMILES string of the molecule is COc1c(C)cnc(CC(N)CCC(F)(F)F)c1C. The summed E-state index contributed by atoms with van der Waals surface area (Å²) in [5.74, 6) is 0.716. The molecule has 1 aromatic heterocycles. The second kappa shape index (κ2) is 6.23. The summed E-state index contributed by atoms with van der Waals surface area (Å²) in [6.45, 7) is 3.71. The van der Waals surface area contributed by atoms with Crippen LogP contribution in [0.25, 0.3) is 0 Å². The van der Waals surface area contributed by atoms with E-state index in [0.29, 0.717) is 17.9 Å². The van der Waals surface area contributed by atoms with E-state index in [-0.39, 0.29) is 6.42 Å². The van der Waals surface area contributed by atoms with Gasteiger partial charge in [-0.15, -0.1) is 0 Å². The highest BCUT2D eigenvalue weighted by Gasteiger charge is 2.27. The van der Waals surface area contributed by atoms with Gasteiger partial charge in [0, 0.05) is 41.9 Å². The highest BCUT2D eigenvalue weighted by atomic mass is 19.4. The lowest BCUT2D eigenvalue weighted by Gasteiger charge is -2.16. The maximum Gasteiger partial charge on any atom is 0.389 e.